The van der Waals surface area contributed by atoms with Gasteiger partial charge in [-0.15, -0.1) is 0 Å². The van der Waals surface area contributed by atoms with Crippen LogP contribution in [0, 0.1) is 34.0 Å². The number of amides is 2. The Labute approximate surface area is 182 Å². The van der Waals surface area contributed by atoms with Crippen molar-refractivity contribution in [3.63, 3.8) is 0 Å². The Balaban J connectivity index is 1.52. The minimum atomic E-state index is -0.867. The first-order valence-electron chi connectivity index (χ1n) is 9.71. The maximum atomic E-state index is 12.6. The van der Waals surface area contributed by atoms with Crippen molar-refractivity contribution in [2.75, 3.05) is 11.1 Å². The first-order chi connectivity index (χ1) is 14.6. The molecular formula is C21H19N5O2S2. The standard InChI is InChI=1S/C21H19N5O2S2/c22-10-13-18(28)26-19(14(11-23)21(13)8-4-1-5-9-21)29-12-17(27)25-20-24-15-6-2-3-7-16(15)30-20/h2-3,6-7,13H,1,4-5,8-9,12H2,(H,26,28)(H,24,25,27)/t13-/m1/s1. The van der Waals surface area contributed by atoms with E-state index >= 15 is 0 Å². The molecule has 0 radical (unpaired) electrons. The van der Waals surface area contributed by atoms with E-state index in [-0.39, 0.29) is 17.6 Å². The molecule has 1 aromatic carbocycles. The zero-order valence-corrected chi connectivity index (χ0v) is 17.7. The highest BCUT2D eigenvalue weighted by atomic mass is 32.2. The summed E-state index contributed by atoms with van der Waals surface area (Å²) >= 11 is 2.52. The number of anilines is 1. The van der Waals surface area contributed by atoms with Gasteiger partial charge in [0.15, 0.2) is 5.13 Å². The SMILES string of the molecule is N#CC1=C(SCC(=O)Nc2nc3ccccc3s2)NC(=O)[C@@H](C#N)C12CCCCC2. The summed E-state index contributed by atoms with van der Waals surface area (Å²) in [4.78, 5) is 29.5. The van der Waals surface area contributed by atoms with E-state index in [4.69, 9.17) is 0 Å². The van der Waals surface area contributed by atoms with Crippen molar-refractivity contribution in [3.8, 4) is 12.1 Å². The van der Waals surface area contributed by atoms with Crippen LogP contribution in [0.2, 0.25) is 0 Å². The Kier molecular flexibility index (Phi) is 5.76. The molecule has 1 aromatic heterocycles. The zero-order chi connectivity index (χ0) is 21.1. The van der Waals surface area contributed by atoms with Crippen molar-refractivity contribution < 1.29 is 9.59 Å². The molecule has 4 rings (SSSR count). The third-order valence-electron chi connectivity index (χ3n) is 5.65. The number of carbonyl (C=O) groups is 2. The molecule has 0 saturated heterocycles. The molecular weight excluding hydrogens is 418 g/mol. The van der Waals surface area contributed by atoms with Gasteiger partial charge < -0.3 is 10.6 Å². The van der Waals surface area contributed by atoms with Crippen molar-refractivity contribution >= 4 is 50.3 Å². The number of nitrogens with zero attached hydrogens (tertiary/aromatic N) is 3. The van der Waals surface area contributed by atoms with Gasteiger partial charge in [-0.3, -0.25) is 9.59 Å². The van der Waals surface area contributed by atoms with Crippen LogP contribution in [0.25, 0.3) is 10.2 Å². The number of rotatable bonds is 4. The number of benzene rings is 1. The predicted molar refractivity (Wildman–Crippen MR) is 116 cm³/mol. The van der Waals surface area contributed by atoms with Gasteiger partial charge >= 0.3 is 0 Å². The lowest BCUT2D eigenvalue weighted by Crippen LogP contribution is -2.48. The van der Waals surface area contributed by atoms with Crippen LogP contribution in [0.15, 0.2) is 34.9 Å². The predicted octanol–water partition coefficient (Wildman–Crippen LogP) is 3.92. The van der Waals surface area contributed by atoms with Crippen molar-refractivity contribution in [2.45, 2.75) is 32.1 Å². The fourth-order valence-corrected chi connectivity index (χ4v) is 6.06. The van der Waals surface area contributed by atoms with Gasteiger partial charge in [-0.1, -0.05) is 54.5 Å². The summed E-state index contributed by atoms with van der Waals surface area (Å²) in [7, 11) is 0. The van der Waals surface area contributed by atoms with E-state index in [1.165, 1.54) is 11.3 Å². The van der Waals surface area contributed by atoms with Crippen LogP contribution in [0.5, 0.6) is 0 Å². The summed E-state index contributed by atoms with van der Waals surface area (Å²) in [5.74, 6) is -1.48. The average Bonchev–Trinajstić information content (AvgIpc) is 3.15. The van der Waals surface area contributed by atoms with E-state index < -0.39 is 11.3 Å². The summed E-state index contributed by atoms with van der Waals surface area (Å²) in [6.07, 6.45) is 4.08. The highest BCUT2D eigenvalue weighted by molar-refractivity contribution is 8.03. The van der Waals surface area contributed by atoms with Crippen molar-refractivity contribution in [3.05, 3.63) is 34.9 Å². The number of nitrogens with one attached hydrogen (secondary N) is 2. The highest BCUT2D eigenvalue weighted by Gasteiger charge is 2.51. The molecule has 30 heavy (non-hydrogen) atoms. The first kappa shape index (κ1) is 20.4. The Morgan fingerprint density at radius 3 is 2.77 bits per heavy atom. The van der Waals surface area contributed by atoms with Gasteiger partial charge in [0.2, 0.25) is 11.8 Å². The number of nitriles is 2. The van der Waals surface area contributed by atoms with Crippen LogP contribution >= 0.6 is 23.1 Å². The number of thiazole rings is 1. The first-order valence-corrected chi connectivity index (χ1v) is 11.5. The van der Waals surface area contributed by atoms with Crippen molar-refractivity contribution in [2.24, 2.45) is 11.3 Å². The lowest BCUT2D eigenvalue weighted by Gasteiger charge is -2.43. The smallest absolute Gasteiger partial charge is 0.243 e. The van der Waals surface area contributed by atoms with Gasteiger partial charge in [0.1, 0.15) is 5.92 Å². The van der Waals surface area contributed by atoms with E-state index in [0.29, 0.717) is 28.6 Å². The number of carbonyl (C=O) groups excluding carboxylic acids is 2. The van der Waals surface area contributed by atoms with Gasteiger partial charge in [-0.25, -0.2) is 4.98 Å². The number of allylic oxidation sites excluding steroid dienone is 1. The molecule has 2 aliphatic rings. The van der Waals surface area contributed by atoms with E-state index in [9.17, 15) is 20.1 Å². The number of hydrogen-bond donors (Lipinski definition) is 2. The molecule has 0 unspecified atom stereocenters. The molecule has 1 aliphatic heterocycles. The maximum Gasteiger partial charge on any atom is 0.243 e. The molecule has 2 aromatic rings. The number of hydrogen-bond acceptors (Lipinski definition) is 7. The summed E-state index contributed by atoms with van der Waals surface area (Å²) < 4.78 is 0.983. The minimum Gasteiger partial charge on any atom is -0.319 e. The number of aromatic nitrogens is 1. The normalized spacial score (nSPS) is 20.5. The lowest BCUT2D eigenvalue weighted by molar-refractivity contribution is -0.126. The number of para-hydroxylation sites is 1. The Morgan fingerprint density at radius 1 is 1.30 bits per heavy atom. The van der Waals surface area contributed by atoms with E-state index in [2.05, 4.69) is 27.8 Å². The fourth-order valence-electron chi connectivity index (χ4n) is 4.26. The van der Waals surface area contributed by atoms with Crippen LogP contribution in [-0.4, -0.2) is 22.6 Å². The molecule has 9 heteroatoms. The molecule has 2 amide bonds. The van der Waals surface area contributed by atoms with Crippen LogP contribution in [0.4, 0.5) is 5.13 Å². The van der Waals surface area contributed by atoms with E-state index in [1.54, 1.807) is 0 Å². The number of fused-ring (bicyclic) bond motifs is 1. The van der Waals surface area contributed by atoms with Crippen LogP contribution in [-0.2, 0) is 9.59 Å². The largest absolute Gasteiger partial charge is 0.319 e. The molecule has 7 nitrogen and oxygen atoms in total. The van der Waals surface area contributed by atoms with Gasteiger partial charge in [0, 0.05) is 5.41 Å². The Bertz CT molecular complexity index is 1090. The minimum absolute atomic E-state index is 0.0318. The van der Waals surface area contributed by atoms with E-state index in [1.807, 2.05) is 24.3 Å². The molecule has 152 valence electrons. The van der Waals surface area contributed by atoms with Crippen molar-refractivity contribution in [1.29, 1.82) is 10.5 Å². The monoisotopic (exact) mass is 437 g/mol. The molecule has 1 saturated carbocycles. The molecule has 1 fully saturated rings. The van der Waals surface area contributed by atoms with Crippen molar-refractivity contribution in [1.82, 2.24) is 10.3 Å². The fraction of sp³-hybridized carbons (Fsp3) is 0.381. The molecule has 2 heterocycles. The molecule has 1 atom stereocenters. The lowest BCUT2D eigenvalue weighted by atomic mass is 9.61. The third-order valence-corrected chi connectivity index (χ3v) is 7.60. The molecule has 2 N–H and O–H groups in total. The molecule has 0 bridgehead atoms. The Hall–Kier alpha value is -2.88. The quantitative estimate of drug-likeness (QED) is 0.748. The average molecular weight is 438 g/mol. The summed E-state index contributed by atoms with van der Waals surface area (Å²) in [6.45, 7) is 0. The topological polar surface area (TPSA) is 119 Å². The molecule has 1 aliphatic carbocycles. The third kappa shape index (κ3) is 3.67. The van der Waals surface area contributed by atoms with Crippen LogP contribution in [0.3, 0.4) is 0 Å². The zero-order valence-electron chi connectivity index (χ0n) is 16.1. The maximum absolute atomic E-state index is 12.6. The van der Waals surface area contributed by atoms with Crippen LogP contribution in [0.1, 0.15) is 32.1 Å². The Morgan fingerprint density at radius 2 is 2.07 bits per heavy atom. The second kappa shape index (κ2) is 8.47. The van der Waals surface area contributed by atoms with E-state index in [0.717, 1.165) is 41.2 Å². The molecule has 1 spiro atoms. The number of thioether (sulfide) groups is 1. The highest BCUT2D eigenvalue weighted by Crippen LogP contribution is 2.51. The van der Waals surface area contributed by atoms with Crippen LogP contribution < -0.4 is 10.6 Å². The van der Waals surface area contributed by atoms with Gasteiger partial charge in [0.25, 0.3) is 0 Å². The van der Waals surface area contributed by atoms with Gasteiger partial charge in [-0.05, 0) is 25.0 Å². The second-order valence-corrected chi connectivity index (χ2v) is 9.42. The van der Waals surface area contributed by atoms with Gasteiger partial charge in [-0.2, -0.15) is 10.5 Å². The van der Waals surface area contributed by atoms with Gasteiger partial charge in [0.05, 0.1) is 38.7 Å². The second-order valence-electron chi connectivity index (χ2n) is 7.41. The summed E-state index contributed by atoms with van der Waals surface area (Å²) in [5, 5.41) is 25.9. The summed E-state index contributed by atoms with van der Waals surface area (Å²) in [5.41, 5.74) is 0.517. The summed E-state index contributed by atoms with van der Waals surface area (Å²) in [6, 6.07) is 12.0.